The van der Waals surface area contributed by atoms with Crippen molar-refractivity contribution >= 4 is 28.2 Å². The number of aromatic amines is 1. The number of carbonyl (C=O) groups excluding carboxylic acids is 1. The lowest BCUT2D eigenvalue weighted by molar-refractivity contribution is -0.384. The van der Waals surface area contributed by atoms with E-state index in [0.717, 1.165) is 0 Å². The summed E-state index contributed by atoms with van der Waals surface area (Å²) in [6, 6.07) is 2.73. The average molecular weight is 345 g/mol. The number of nitro benzene ring substituents is 1. The summed E-state index contributed by atoms with van der Waals surface area (Å²) in [5.41, 5.74) is 0.0446. The number of rotatable bonds is 4. The Balaban J connectivity index is 1.98. The third kappa shape index (κ3) is 3.30. The molecule has 132 valence electrons. The molecule has 0 bridgehead atoms. The van der Waals surface area contributed by atoms with Crippen molar-refractivity contribution in [3.8, 4) is 0 Å². The summed E-state index contributed by atoms with van der Waals surface area (Å²) in [5.74, 6) is 0.301. The van der Waals surface area contributed by atoms with Crippen molar-refractivity contribution in [1.82, 2.24) is 14.9 Å². The van der Waals surface area contributed by atoms with Gasteiger partial charge in [-0.05, 0) is 12.0 Å². The predicted octanol–water partition coefficient (Wildman–Crippen LogP) is 1.14. The summed E-state index contributed by atoms with van der Waals surface area (Å²) in [6.45, 7) is 5.82. The summed E-state index contributed by atoms with van der Waals surface area (Å²) < 4.78 is 0. The number of amides is 1. The van der Waals surface area contributed by atoms with Crippen molar-refractivity contribution in [3.05, 3.63) is 38.9 Å². The Labute approximate surface area is 143 Å². The van der Waals surface area contributed by atoms with Crippen molar-refractivity contribution in [2.24, 2.45) is 5.92 Å². The van der Waals surface area contributed by atoms with Crippen LogP contribution in [0.3, 0.4) is 0 Å². The van der Waals surface area contributed by atoms with Gasteiger partial charge in [0.05, 0.1) is 28.7 Å². The van der Waals surface area contributed by atoms with Crippen molar-refractivity contribution in [2.75, 3.05) is 31.1 Å². The zero-order valence-electron chi connectivity index (χ0n) is 14.1. The van der Waals surface area contributed by atoms with Gasteiger partial charge in [0, 0.05) is 25.7 Å². The van der Waals surface area contributed by atoms with Crippen LogP contribution in [0, 0.1) is 16.0 Å². The van der Waals surface area contributed by atoms with Crippen LogP contribution in [0.2, 0.25) is 0 Å². The van der Waals surface area contributed by atoms with Gasteiger partial charge in [-0.1, -0.05) is 13.8 Å². The highest BCUT2D eigenvalue weighted by molar-refractivity contribution is 5.90. The molecule has 3 rings (SSSR count). The molecule has 1 aliphatic rings. The Morgan fingerprint density at radius 3 is 2.72 bits per heavy atom. The second kappa shape index (κ2) is 6.50. The van der Waals surface area contributed by atoms with Gasteiger partial charge in [0.15, 0.2) is 0 Å². The first kappa shape index (κ1) is 16.9. The lowest BCUT2D eigenvalue weighted by Gasteiger charge is -2.36. The number of benzene rings is 1. The Morgan fingerprint density at radius 2 is 2.08 bits per heavy atom. The number of carbonyl (C=O) groups is 1. The molecule has 1 aromatic carbocycles. The first-order valence-electron chi connectivity index (χ1n) is 8.05. The number of piperazine rings is 1. The fourth-order valence-corrected chi connectivity index (χ4v) is 3.04. The third-order valence-electron chi connectivity index (χ3n) is 4.18. The lowest BCUT2D eigenvalue weighted by Crippen LogP contribution is -2.51. The Bertz CT molecular complexity index is 892. The maximum atomic E-state index is 12.4. The van der Waals surface area contributed by atoms with Crippen LogP contribution in [0.4, 0.5) is 11.4 Å². The van der Waals surface area contributed by atoms with Crippen molar-refractivity contribution in [2.45, 2.75) is 13.8 Å². The molecule has 0 unspecified atom stereocenters. The van der Waals surface area contributed by atoms with E-state index in [-0.39, 0.29) is 23.5 Å². The summed E-state index contributed by atoms with van der Waals surface area (Å²) in [7, 11) is 0. The van der Waals surface area contributed by atoms with Crippen LogP contribution < -0.4 is 10.5 Å². The molecule has 1 fully saturated rings. The van der Waals surface area contributed by atoms with Crippen LogP contribution in [0.5, 0.6) is 0 Å². The fraction of sp³-hybridized carbons (Fsp3) is 0.438. The Morgan fingerprint density at radius 1 is 1.32 bits per heavy atom. The van der Waals surface area contributed by atoms with Gasteiger partial charge in [-0.2, -0.15) is 0 Å². The number of aromatic nitrogens is 2. The van der Waals surface area contributed by atoms with Crippen LogP contribution in [0.15, 0.2) is 23.3 Å². The average Bonchev–Trinajstić information content (AvgIpc) is 2.55. The molecule has 0 aliphatic carbocycles. The molecule has 2 heterocycles. The van der Waals surface area contributed by atoms with E-state index < -0.39 is 10.5 Å². The molecule has 1 amide bonds. The number of nitrogens with zero attached hydrogens (tertiary/aromatic N) is 4. The third-order valence-corrected chi connectivity index (χ3v) is 4.18. The van der Waals surface area contributed by atoms with Crippen LogP contribution in [-0.4, -0.2) is 51.9 Å². The van der Waals surface area contributed by atoms with Gasteiger partial charge in [0.25, 0.3) is 11.2 Å². The topological polar surface area (TPSA) is 112 Å². The molecule has 0 radical (unpaired) electrons. The van der Waals surface area contributed by atoms with Gasteiger partial charge in [-0.25, -0.2) is 4.98 Å². The van der Waals surface area contributed by atoms with Crippen LogP contribution in [0.1, 0.15) is 13.8 Å². The predicted molar refractivity (Wildman–Crippen MR) is 92.6 cm³/mol. The highest BCUT2D eigenvalue weighted by Gasteiger charge is 2.29. The molecule has 0 saturated carbocycles. The number of hydrogen-bond acceptors (Lipinski definition) is 6. The van der Waals surface area contributed by atoms with E-state index in [1.165, 1.54) is 18.5 Å². The second-order valence-corrected chi connectivity index (χ2v) is 6.50. The maximum absolute atomic E-state index is 12.4. The molecule has 0 spiro atoms. The molecule has 1 N–H and O–H groups in total. The molecule has 25 heavy (non-hydrogen) atoms. The van der Waals surface area contributed by atoms with Crippen molar-refractivity contribution in [1.29, 1.82) is 0 Å². The highest BCUT2D eigenvalue weighted by Crippen LogP contribution is 2.32. The highest BCUT2D eigenvalue weighted by atomic mass is 16.6. The minimum Gasteiger partial charge on any atom is -0.355 e. The van der Waals surface area contributed by atoms with Gasteiger partial charge < -0.3 is 14.8 Å². The van der Waals surface area contributed by atoms with Gasteiger partial charge >= 0.3 is 0 Å². The van der Waals surface area contributed by atoms with Crippen LogP contribution in [-0.2, 0) is 4.79 Å². The number of anilines is 1. The number of nitrogens with one attached hydrogen (secondary N) is 1. The van der Waals surface area contributed by atoms with E-state index >= 15 is 0 Å². The summed E-state index contributed by atoms with van der Waals surface area (Å²) >= 11 is 0. The second-order valence-electron chi connectivity index (χ2n) is 6.50. The lowest BCUT2D eigenvalue weighted by atomic mass is 10.1. The molecular formula is C16H19N5O4. The molecule has 1 aliphatic heterocycles. The summed E-state index contributed by atoms with van der Waals surface area (Å²) in [4.78, 5) is 45.1. The first-order valence-corrected chi connectivity index (χ1v) is 8.05. The maximum Gasteiger partial charge on any atom is 0.293 e. The molecular weight excluding hydrogens is 326 g/mol. The van der Waals surface area contributed by atoms with Gasteiger partial charge in [0.2, 0.25) is 5.91 Å². The number of nitro groups is 1. The van der Waals surface area contributed by atoms with Gasteiger partial charge in [0.1, 0.15) is 5.69 Å². The standard InChI is InChI=1S/C16H19N5O4/c1-10(2)7-20-4-3-19(8-15(20)22)13-6-12-11(5-14(13)21(24)25)16(23)18-9-17-12/h5-6,9-10H,3-4,7-8H2,1-2H3,(H,17,18,23). The van der Waals surface area contributed by atoms with E-state index in [0.29, 0.717) is 36.8 Å². The fourth-order valence-electron chi connectivity index (χ4n) is 3.04. The first-order chi connectivity index (χ1) is 11.9. The molecule has 0 atom stereocenters. The normalized spacial score (nSPS) is 15.2. The largest absolute Gasteiger partial charge is 0.355 e. The minimum absolute atomic E-state index is 0.0618. The monoisotopic (exact) mass is 345 g/mol. The van der Waals surface area contributed by atoms with Gasteiger partial charge in [-0.3, -0.25) is 19.7 Å². The van der Waals surface area contributed by atoms with Crippen molar-refractivity contribution in [3.63, 3.8) is 0 Å². The smallest absolute Gasteiger partial charge is 0.293 e. The van der Waals surface area contributed by atoms with E-state index in [9.17, 15) is 19.7 Å². The zero-order chi connectivity index (χ0) is 18.1. The minimum atomic E-state index is -0.536. The molecule has 2 aromatic rings. The number of fused-ring (bicyclic) bond motifs is 1. The van der Waals surface area contributed by atoms with E-state index in [1.807, 2.05) is 13.8 Å². The quantitative estimate of drug-likeness (QED) is 0.657. The molecule has 9 nitrogen and oxygen atoms in total. The van der Waals surface area contributed by atoms with Gasteiger partial charge in [-0.15, -0.1) is 0 Å². The molecule has 1 aromatic heterocycles. The van der Waals surface area contributed by atoms with E-state index in [1.54, 1.807) is 9.80 Å². The Hall–Kier alpha value is -2.97. The number of hydrogen-bond donors (Lipinski definition) is 1. The van der Waals surface area contributed by atoms with E-state index in [2.05, 4.69) is 9.97 Å². The number of H-pyrrole nitrogens is 1. The molecule has 1 saturated heterocycles. The van der Waals surface area contributed by atoms with Crippen molar-refractivity contribution < 1.29 is 9.72 Å². The van der Waals surface area contributed by atoms with Crippen LogP contribution in [0.25, 0.3) is 10.9 Å². The van der Waals surface area contributed by atoms with E-state index in [4.69, 9.17) is 0 Å². The molecule has 9 heteroatoms. The summed E-state index contributed by atoms with van der Waals surface area (Å²) in [5, 5.41) is 11.6. The summed E-state index contributed by atoms with van der Waals surface area (Å²) in [6.07, 6.45) is 1.26. The zero-order valence-corrected chi connectivity index (χ0v) is 14.1. The van der Waals surface area contributed by atoms with Crippen LogP contribution >= 0.6 is 0 Å². The Kier molecular flexibility index (Phi) is 4.39. The SMILES string of the molecule is CC(C)CN1CCN(c2cc3nc[nH]c(=O)c3cc2[N+](=O)[O-])CC1=O.